The Labute approximate surface area is 202 Å². The van der Waals surface area contributed by atoms with E-state index in [0.29, 0.717) is 0 Å². The van der Waals surface area contributed by atoms with Crippen molar-refractivity contribution in [1.29, 1.82) is 0 Å². The van der Waals surface area contributed by atoms with Gasteiger partial charge in [0.25, 0.3) is 0 Å². The van der Waals surface area contributed by atoms with Gasteiger partial charge in [0.05, 0.1) is 0 Å². The number of rotatable bonds is 4. The van der Waals surface area contributed by atoms with Gasteiger partial charge in [0.1, 0.15) is 0 Å². The average molecular weight is 462 g/mol. The first-order valence-electron chi connectivity index (χ1n) is 10.9. The van der Waals surface area contributed by atoms with Crippen LogP contribution in [0.5, 0.6) is 0 Å². The van der Waals surface area contributed by atoms with Crippen molar-refractivity contribution in [2.24, 2.45) is 0 Å². The van der Waals surface area contributed by atoms with E-state index >= 15 is 0 Å². The molecule has 6 aromatic rings. The molecule has 0 unspecified atom stereocenters. The van der Waals surface area contributed by atoms with Crippen LogP contribution in [0.15, 0.2) is 121 Å². The van der Waals surface area contributed by atoms with Gasteiger partial charge in [-0.1, -0.05) is 78.3 Å². The Bertz CT molecular complexity index is 1510. The molecule has 0 aliphatic rings. The van der Waals surface area contributed by atoms with E-state index in [-0.39, 0.29) is 0 Å². The van der Waals surface area contributed by atoms with Crippen LogP contribution in [0.4, 0.5) is 17.1 Å². The van der Waals surface area contributed by atoms with Crippen LogP contribution in [-0.4, -0.2) is 0 Å². The summed E-state index contributed by atoms with van der Waals surface area (Å²) in [5, 5.41) is 3.33. The van der Waals surface area contributed by atoms with Gasteiger partial charge in [0.15, 0.2) is 0 Å². The predicted molar refractivity (Wildman–Crippen MR) is 144 cm³/mol. The van der Waals surface area contributed by atoms with Crippen molar-refractivity contribution in [3.63, 3.8) is 0 Å². The molecule has 0 spiro atoms. The number of hydrogen-bond donors (Lipinski definition) is 0. The summed E-state index contributed by atoms with van der Waals surface area (Å²) in [4.78, 5) is 2.28. The van der Waals surface area contributed by atoms with Crippen molar-refractivity contribution in [2.45, 2.75) is 0 Å². The van der Waals surface area contributed by atoms with Crippen molar-refractivity contribution in [3.8, 4) is 11.1 Å². The van der Waals surface area contributed by atoms with Crippen molar-refractivity contribution in [1.82, 2.24) is 0 Å². The molecule has 0 radical (unpaired) electrons. The minimum atomic E-state index is 0.784. The number of hydrogen-bond acceptors (Lipinski definition) is 2. The summed E-state index contributed by atoms with van der Waals surface area (Å²) in [6, 6.07) is 42.6. The number of anilines is 3. The molecule has 3 heteroatoms. The van der Waals surface area contributed by atoms with Crippen LogP contribution in [-0.2, 0) is 0 Å². The zero-order valence-corrected chi connectivity index (χ0v) is 19.4. The second kappa shape index (κ2) is 8.40. The molecule has 1 heterocycles. The largest absolute Gasteiger partial charge is 0.311 e. The second-order valence-electron chi connectivity index (χ2n) is 8.01. The van der Waals surface area contributed by atoms with Crippen LogP contribution in [0.2, 0.25) is 5.02 Å². The van der Waals surface area contributed by atoms with Crippen molar-refractivity contribution < 1.29 is 0 Å². The molecule has 0 aliphatic carbocycles. The normalized spacial score (nSPS) is 11.2. The Morgan fingerprint density at radius 2 is 1.00 bits per heavy atom. The molecular formula is C30H20ClNS. The summed E-state index contributed by atoms with van der Waals surface area (Å²) in [5.74, 6) is 0. The molecule has 0 saturated heterocycles. The Kier molecular flexibility index (Phi) is 5.10. The lowest BCUT2D eigenvalue weighted by molar-refractivity contribution is 1.28. The molecule has 0 N–H and O–H groups in total. The summed E-state index contributed by atoms with van der Waals surface area (Å²) < 4.78 is 2.51. The van der Waals surface area contributed by atoms with Crippen LogP contribution < -0.4 is 4.90 Å². The summed E-state index contributed by atoms with van der Waals surface area (Å²) in [5.41, 5.74) is 5.84. The number of para-hydroxylation sites is 2. The van der Waals surface area contributed by atoms with E-state index in [1.165, 1.54) is 31.3 Å². The van der Waals surface area contributed by atoms with Gasteiger partial charge in [-0.3, -0.25) is 0 Å². The molecule has 0 saturated carbocycles. The Morgan fingerprint density at radius 3 is 1.64 bits per heavy atom. The van der Waals surface area contributed by atoms with E-state index in [1.54, 1.807) is 11.3 Å². The number of benzene rings is 5. The molecule has 33 heavy (non-hydrogen) atoms. The number of fused-ring (bicyclic) bond motifs is 3. The van der Waals surface area contributed by atoms with Gasteiger partial charge in [-0.05, 0) is 65.7 Å². The molecule has 0 bridgehead atoms. The molecule has 0 amide bonds. The van der Waals surface area contributed by atoms with Gasteiger partial charge in [-0.15, -0.1) is 11.3 Å². The summed E-state index contributed by atoms with van der Waals surface area (Å²) in [6.07, 6.45) is 0. The first kappa shape index (κ1) is 20.0. The van der Waals surface area contributed by atoms with Gasteiger partial charge >= 0.3 is 0 Å². The molecule has 0 atom stereocenters. The number of thiophene rings is 1. The van der Waals surface area contributed by atoms with Crippen LogP contribution in [0.25, 0.3) is 31.3 Å². The molecule has 1 nitrogen and oxygen atoms in total. The van der Waals surface area contributed by atoms with E-state index in [2.05, 4.69) is 108 Å². The van der Waals surface area contributed by atoms with E-state index in [4.69, 9.17) is 11.6 Å². The molecule has 6 rings (SSSR count). The topological polar surface area (TPSA) is 3.24 Å². The molecule has 0 fully saturated rings. The Balaban J connectivity index is 1.39. The van der Waals surface area contributed by atoms with E-state index in [0.717, 1.165) is 22.1 Å². The minimum absolute atomic E-state index is 0.784. The lowest BCUT2D eigenvalue weighted by atomic mass is 10.0. The standard InChI is InChI=1S/C30H20ClNS/c31-23-14-18-28-27-17-13-22(19-29(27)33-30(28)20-23)21-11-15-26(16-12-21)32(24-7-3-1-4-8-24)25-9-5-2-6-10-25/h1-20H. The van der Waals surface area contributed by atoms with Crippen LogP contribution >= 0.6 is 22.9 Å². The minimum Gasteiger partial charge on any atom is -0.311 e. The highest BCUT2D eigenvalue weighted by Gasteiger charge is 2.12. The second-order valence-corrected chi connectivity index (χ2v) is 9.53. The summed E-state index contributed by atoms with van der Waals surface area (Å²) in [6.45, 7) is 0. The van der Waals surface area contributed by atoms with E-state index < -0.39 is 0 Å². The molecule has 0 aliphatic heterocycles. The molecule has 5 aromatic carbocycles. The van der Waals surface area contributed by atoms with Gasteiger partial charge in [-0.2, -0.15) is 0 Å². The zero-order valence-electron chi connectivity index (χ0n) is 17.8. The van der Waals surface area contributed by atoms with Crippen LogP contribution in [0.1, 0.15) is 0 Å². The van der Waals surface area contributed by atoms with Crippen molar-refractivity contribution in [2.75, 3.05) is 4.90 Å². The third kappa shape index (κ3) is 3.78. The third-order valence-corrected chi connectivity index (χ3v) is 7.27. The Morgan fingerprint density at radius 1 is 0.485 bits per heavy atom. The molecule has 1 aromatic heterocycles. The fourth-order valence-electron chi connectivity index (χ4n) is 4.33. The highest BCUT2D eigenvalue weighted by molar-refractivity contribution is 7.25. The van der Waals surface area contributed by atoms with Crippen molar-refractivity contribution in [3.05, 3.63) is 126 Å². The Hall–Kier alpha value is -3.59. The van der Waals surface area contributed by atoms with Gasteiger partial charge in [0.2, 0.25) is 0 Å². The number of nitrogens with zero attached hydrogens (tertiary/aromatic N) is 1. The van der Waals surface area contributed by atoms with E-state index in [9.17, 15) is 0 Å². The first-order valence-corrected chi connectivity index (χ1v) is 12.1. The molecule has 158 valence electrons. The fraction of sp³-hybridized carbons (Fsp3) is 0. The highest BCUT2D eigenvalue weighted by Crippen LogP contribution is 2.39. The van der Waals surface area contributed by atoms with Crippen molar-refractivity contribution >= 4 is 60.2 Å². The predicted octanol–water partition coefficient (Wildman–Crippen LogP) is 9.84. The lowest BCUT2D eigenvalue weighted by Crippen LogP contribution is -2.09. The summed E-state index contributed by atoms with van der Waals surface area (Å²) >= 11 is 8.00. The maximum atomic E-state index is 6.20. The monoisotopic (exact) mass is 461 g/mol. The van der Waals surface area contributed by atoms with Gasteiger partial charge < -0.3 is 4.90 Å². The maximum Gasteiger partial charge on any atom is 0.0462 e. The lowest BCUT2D eigenvalue weighted by Gasteiger charge is -2.25. The quantitative estimate of drug-likeness (QED) is 0.252. The van der Waals surface area contributed by atoms with Crippen LogP contribution in [0.3, 0.4) is 0 Å². The van der Waals surface area contributed by atoms with Crippen LogP contribution in [0, 0.1) is 0 Å². The molecular weight excluding hydrogens is 442 g/mol. The smallest absolute Gasteiger partial charge is 0.0462 e. The SMILES string of the molecule is Clc1ccc2c(c1)sc1cc(-c3ccc(N(c4ccccc4)c4ccccc4)cc3)ccc12. The van der Waals surface area contributed by atoms with E-state index in [1.807, 2.05) is 18.2 Å². The fourth-order valence-corrected chi connectivity index (χ4v) is 5.76. The first-order chi connectivity index (χ1) is 16.3. The highest BCUT2D eigenvalue weighted by atomic mass is 35.5. The zero-order chi connectivity index (χ0) is 22.2. The maximum absolute atomic E-state index is 6.20. The number of halogens is 1. The van der Waals surface area contributed by atoms with Gasteiger partial charge in [0, 0.05) is 42.3 Å². The average Bonchev–Trinajstić information content (AvgIpc) is 3.22. The van der Waals surface area contributed by atoms with Gasteiger partial charge in [-0.25, -0.2) is 0 Å². The third-order valence-electron chi connectivity index (χ3n) is 5.92. The summed E-state index contributed by atoms with van der Waals surface area (Å²) in [7, 11) is 0.